The summed E-state index contributed by atoms with van der Waals surface area (Å²) in [6.45, 7) is 3.41. The fourth-order valence-corrected chi connectivity index (χ4v) is 2.88. The second kappa shape index (κ2) is 9.46. The van der Waals surface area contributed by atoms with Crippen LogP contribution in [0.1, 0.15) is 38.9 Å². The normalized spacial score (nSPS) is 10.3. The Morgan fingerprint density at radius 3 is 2.39 bits per heavy atom. The third-order valence-corrected chi connectivity index (χ3v) is 4.41. The third kappa shape index (κ3) is 5.04. The van der Waals surface area contributed by atoms with Gasteiger partial charge in [-0.3, -0.25) is 14.6 Å². The number of carbonyl (C=O) groups excluding carboxylic acids is 2. The monoisotopic (exact) mass is 373 g/mol. The highest BCUT2D eigenvalue weighted by atomic mass is 16.2. The molecule has 0 saturated heterocycles. The lowest BCUT2D eigenvalue weighted by atomic mass is 10.1. The van der Waals surface area contributed by atoms with Crippen molar-refractivity contribution in [3.8, 4) is 0 Å². The standard InChI is InChI=1S/C23H23N3O2/c1-2-26(17-18-9-4-3-5-10-18)23(28)20-12-8-11-19(15-20)22(27)25-16-21-13-6-7-14-24-21/h3-15H,2,16-17H2,1H3,(H,25,27). The molecule has 1 N–H and O–H groups in total. The first-order valence-corrected chi connectivity index (χ1v) is 9.28. The molecule has 0 radical (unpaired) electrons. The first-order chi connectivity index (χ1) is 13.7. The SMILES string of the molecule is CCN(Cc1ccccc1)C(=O)c1cccc(C(=O)NCc2ccccn2)c1. The molecule has 0 fully saturated rings. The smallest absolute Gasteiger partial charge is 0.254 e. The Kier molecular flexibility index (Phi) is 6.52. The largest absolute Gasteiger partial charge is 0.346 e. The van der Waals surface area contributed by atoms with Crippen molar-refractivity contribution < 1.29 is 9.59 Å². The zero-order chi connectivity index (χ0) is 19.8. The van der Waals surface area contributed by atoms with Crippen molar-refractivity contribution in [3.05, 3.63) is 101 Å². The van der Waals surface area contributed by atoms with Crippen molar-refractivity contribution in [2.75, 3.05) is 6.54 Å². The summed E-state index contributed by atoms with van der Waals surface area (Å²) in [5.41, 5.74) is 2.81. The molecule has 3 rings (SSSR count). The van der Waals surface area contributed by atoms with Gasteiger partial charge in [0.1, 0.15) is 0 Å². The number of nitrogens with one attached hydrogen (secondary N) is 1. The van der Waals surface area contributed by atoms with E-state index < -0.39 is 0 Å². The zero-order valence-corrected chi connectivity index (χ0v) is 15.8. The Balaban J connectivity index is 1.68. The van der Waals surface area contributed by atoms with E-state index in [0.29, 0.717) is 30.8 Å². The van der Waals surface area contributed by atoms with Gasteiger partial charge < -0.3 is 10.2 Å². The van der Waals surface area contributed by atoms with Crippen LogP contribution in [0.15, 0.2) is 79.0 Å². The van der Waals surface area contributed by atoms with Crippen molar-refractivity contribution in [1.82, 2.24) is 15.2 Å². The molecular weight excluding hydrogens is 350 g/mol. The van der Waals surface area contributed by atoms with Gasteiger partial charge in [-0.15, -0.1) is 0 Å². The number of pyridine rings is 1. The molecule has 0 saturated carbocycles. The molecule has 28 heavy (non-hydrogen) atoms. The summed E-state index contributed by atoms with van der Waals surface area (Å²) in [7, 11) is 0. The Morgan fingerprint density at radius 2 is 1.68 bits per heavy atom. The summed E-state index contributed by atoms with van der Waals surface area (Å²) >= 11 is 0. The van der Waals surface area contributed by atoms with E-state index in [1.807, 2.05) is 55.5 Å². The van der Waals surface area contributed by atoms with Gasteiger partial charge in [-0.2, -0.15) is 0 Å². The second-order valence-corrected chi connectivity index (χ2v) is 6.39. The molecule has 2 aromatic carbocycles. The molecule has 0 aliphatic carbocycles. The third-order valence-electron chi connectivity index (χ3n) is 4.41. The van der Waals surface area contributed by atoms with E-state index in [0.717, 1.165) is 11.3 Å². The number of carbonyl (C=O) groups is 2. The highest BCUT2D eigenvalue weighted by Crippen LogP contribution is 2.12. The van der Waals surface area contributed by atoms with Crippen LogP contribution in [0.5, 0.6) is 0 Å². The van der Waals surface area contributed by atoms with Gasteiger partial charge in [-0.05, 0) is 42.8 Å². The molecule has 0 atom stereocenters. The van der Waals surface area contributed by atoms with Crippen LogP contribution in [-0.4, -0.2) is 28.2 Å². The second-order valence-electron chi connectivity index (χ2n) is 6.39. The molecule has 0 aliphatic rings. The predicted octanol–water partition coefficient (Wildman–Crippen LogP) is 3.67. The quantitative estimate of drug-likeness (QED) is 0.687. The van der Waals surface area contributed by atoms with Crippen LogP contribution in [0.3, 0.4) is 0 Å². The molecule has 2 amide bonds. The van der Waals surface area contributed by atoms with E-state index in [9.17, 15) is 9.59 Å². The number of nitrogens with zero attached hydrogens (tertiary/aromatic N) is 2. The Hall–Kier alpha value is -3.47. The lowest BCUT2D eigenvalue weighted by Gasteiger charge is -2.21. The molecule has 142 valence electrons. The van der Waals surface area contributed by atoms with Gasteiger partial charge in [0.25, 0.3) is 11.8 Å². The molecule has 3 aromatic rings. The molecule has 0 unspecified atom stereocenters. The van der Waals surface area contributed by atoms with Crippen LogP contribution >= 0.6 is 0 Å². The maximum atomic E-state index is 12.9. The predicted molar refractivity (Wildman–Crippen MR) is 109 cm³/mol. The average molecular weight is 373 g/mol. The van der Waals surface area contributed by atoms with E-state index in [1.54, 1.807) is 35.4 Å². The van der Waals surface area contributed by atoms with Crippen molar-refractivity contribution in [3.63, 3.8) is 0 Å². The van der Waals surface area contributed by atoms with Crippen LogP contribution in [-0.2, 0) is 13.1 Å². The zero-order valence-electron chi connectivity index (χ0n) is 15.8. The molecule has 0 spiro atoms. The van der Waals surface area contributed by atoms with Crippen LogP contribution in [0.2, 0.25) is 0 Å². The van der Waals surface area contributed by atoms with Crippen LogP contribution in [0.4, 0.5) is 0 Å². The average Bonchev–Trinajstić information content (AvgIpc) is 2.77. The van der Waals surface area contributed by atoms with Gasteiger partial charge in [-0.1, -0.05) is 42.5 Å². The first kappa shape index (κ1) is 19.3. The summed E-state index contributed by atoms with van der Waals surface area (Å²) in [6, 6.07) is 22.2. The number of hydrogen-bond donors (Lipinski definition) is 1. The summed E-state index contributed by atoms with van der Waals surface area (Å²) in [5, 5.41) is 2.84. The summed E-state index contributed by atoms with van der Waals surface area (Å²) in [4.78, 5) is 31.3. The van der Waals surface area contributed by atoms with Crippen molar-refractivity contribution in [2.45, 2.75) is 20.0 Å². The minimum Gasteiger partial charge on any atom is -0.346 e. The van der Waals surface area contributed by atoms with Gasteiger partial charge in [0.05, 0.1) is 12.2 Å². The highest BCUT2D eigenvalue weighted by Gasteiger charge is 2.16. The Morgan fingerprint density at radius 1 is 0.929 bits per heavy atom. The van der Waals surface area contributed by atoms with Crippen molar-refractivity contribution >= 4 is 11.8 Å². The van der Waals surface area contributed by atoms with Gasteiger partial charge in [0.2, 0.25) is 0 Å². The van der Waals surface area contributed by atoms with Gasteiger partial charge in [-0.25, -0.2) is 0 Å². The van der Waals surface area contributed by atoms with E-state index in [4.69, 9.17) is 0 Å². The molecule has 5 heteroatoms. The van der Waals surface area contributed by atoms with Gasteiger partial charge in [0.15, 0.2) is 0 Å². The maximum Gasteiger partial charge on any atom is 0.254 e. The molecular formula is C23H23N3O2. The molecule has 1 aromatic heterocycles. The molecule has 5 nitrogen and oxygen atoms in total. The number of rotatable bonds is 7. The number of amides is 2. The number of aromatic nitrogens is 1. The first-order valence-electron chi connectivity index (χ1n) is 9.28. The summed E-state index contributed by atoms with van der Waals surface area (Å²) in [5.74, 6) is -0.322. The summed E-state index contributed by atoms with van der Waals surface area (Å²) < 4.78 is 0. The lowest BCUT2D eigenvalue weighted by Crippen LogP contribution is -2.30. The molecule has 1 heterocycles. The van der Waals surface area contributed by atoms with Gasteiger partial charge >= 0.3 is 0 Å². The van der Waals surface area contributed by atoms with E-state index >= 15 is 0 Å². The fourth-order valence-electron chi connectivity index (χ4n) is 2.88. The van der Waals surface area contributed by atoms with Crippen LogP contribution in [0, 0.1) is 0 Å². The summed E-state index contributed by atoms with van der Waals surface area (Å²) in [6.07, 6.45) is 1.69. The highest BCUT2D eigenvalue weighted by molar-refractivity contribution is 5.99. The minimum atomic E-state index is -0.230. The Bertz CT molecular complexity index is 927. The molecule has 0 bridgehead atoms. The van der Waals surface area contributed by atoms with Crippen molar-refractivity contribution in [2.24, 2.45) is 0 Å². The maximum absolute atomic E-state index is 12.9. The van der Waals surface area contributed by atoms with E-state index in [-0.39, 0.29) is 11.8 Å². The fraction of sp³-hybridized carbons (Fsp3) is 0.174. The van der Waals surface area contributed by atoms with Crippen LogP contribution in [0.25, 0.3) is 0 Å². The topological polar surface area (TPSA) is 62.3 Å². The van der Waals surface area contributed by atoms with Gasteiger partial charge in [0, 0.05) is 30.4 Å². The Labute approximate surface area is 165 Å². The van der Waals surface area contributed by atoms with Crippen LogP contribution < -0.4 is 5.32 Å². The van der Waals surface area contributed by atoms with E-state index in [1.165, 1.54) is 0 Å². The lowest BCUT2D eigenvalue weighted by molar-refractivity contribution is 0.0752. The van der Waals surface area contributed by atoms with E-state index in [2.05, 4.69) is 10.3 Å². The van der Waals surface area contributed by atoms with Crippen molar-refractivity contribution in [1.29, 1.82) is 0 Å². The minimum absolute atomic E-state index is 0.0919. The molecule has 0 aliphatic heterocycles. The number of hydrogen-bond acceptors (Lipinski definition) is 3. The number of benzene rings is 2.